The summed E-state index contributed by atoms with van der Waals surface area (Å²) >= 11 is 0. The highest BCUT2D eigenvalue weighted by molar-refractivity contribution is 7.89. The predicted molar refractivity (Wildman–Crippen MR) is 95.1 cm³/mol. The van der Waals surface area contributed by atoms with Crippen LogP contribution in [0.25, 0.3) is 0 Å². The normalized spacial score (nSPS) is 15.6. The highest BCUT2D eigenvalue weighted by Crippen LogP contribution is 2.14. The summed E-state index contributed by atoms with van der Waals surface area (Å²) in [6.45, 7) is 5.57. The molecule has 25 heavy (non-hydrogen) atoms. The van der Waals surface area contributed by atoms with Crippen molar-refractivity contribution in [2.75, 3.05) is 25.4 Å². The van der Waals surface area contributed by atoms with E-state index in [4.69, 9.17) is 5.14 Å². The summed E-state index contributed by atoms with van der Waals surface area (Å²) in [5, 5.41) is 4.92. The molecule has 1 aromatic carbocycles. The van der Waals surface area contributed by atoms with Crippen molar-refractivity contribution in [3.63, 3.8) is 0 Å². The second-order valence-corrected chi connectivity index (χ2v) is 8.33. The molecule has 8 heteroatoms. The standard InChI is InChI=1S/C17H25N3O4S/c1-13-8-14(2)10-15(9-13)11-19-5-6-20(12-17(19)22)16(21)4-3-7-25(18,23)24/h8-10H,3-7,11-12H2,1-2H3,(H2,18,23,24). The number of sulfonamides is 1. The van der Waals surface area contributed by atoms with Gasteiger partial charge in [0.15, 0.2) is 0 Å². The largest absolute Gasteiger partial charge is 0.335 e. The molecule has 0 atom stereocenters. The zero-order chi connectivity index (χ0) is 18.6. The molecule has 2 amide bonds. The lowest BCUT2D eigenvalue weighted by atomic mass is 10.1. The van der Waals surface area contributed by atoms with Crippen LogP contribution >= 0.6 is 0 Å². The lowest BCUT2D eigenvalue weighted by Crippen LogP contribution is -2.51. The van der Waals surface area contributed by atoms with Gasteiger partial charge in [0.05, 0.1) is 12.3 Å². The van der Waals surface area contributed by atoms with Gasteiger partial charge >= 0.3 is 0 Å². The number of aryl methyl sites for hydroxylation is 2. The van der Waals surface area contributed by atoms with E-state index in [1.165, 1.54) is 4.90 Å². The summed E-state index contributed by atoms with van der Waals surface area (Å²) in [5.74, 6) is -0.521. The number of carbonyl (C=O) groups excluding carboxylic acids is 2. The van der Waals surface area contributed by atoms with Crippen LogP contribution in [0, 0.1) is 13.8 Å². The van der Waals surface area contributed by atoms with E-state index in [2.05, 4.69) is 18.2 Å². The van der Waals surface area contributed by atoms with Crippen LogP contribution in [0.4, 0.5) is 0 Å². The van der Waals surface area contributed by atoms with Gasteiger partial charge in [-0.3, -0.25) is 9.59 Å². The molecule has 0 saturated carbocycles. The van der Waals surface area contributed by atoms with Gasteiger partial charge < -0.3 is 9.80 Å². The third-order valence-electron chi connectivity index (χ3n) is 4.15. The van der Waals surface area contributed by atoms with Crippen LogP contribution in [-0.4, -0.2) is 55.4 Å². The van der Waals surface area contributed by atoms with Crippen molar-refractivity contribution in [3.8, 4) is 0 Å². The smallest absolute Gasteiger partial charge is 0.242 e. The molecule has 1 aliphatic heterocycles. The van der Waals surface area contributed by atoms with Gasteiger partial charge in [-0.2, -0.15) is 0 Å². The van der Waals surface area contributed by atoms with Crippen LogP contribution in [-0.2, 0) is 26.2 Å². The van der Waals surface area contributed by atoms with Crippen molar-refractivity contribution in [1.82, 2.24) is 9.80 Å². The van der Waals surface area contributed by atoms with Crippen LogP contribution in [0.15, 0.2) is 18.2 Å². The second-order valence-electron chi connectivity index (χ2n) is 6.60. The van der Waals surface area contributed by atoms with Crippen molar-refractivity contribution in [1.29, 1.82) is 0 Å². The Labute approximate surface area is 148 Å². The van der Waals surface area contributed by atoms with E-state index in [1.54, 1.807) is 4.90 Å². The first-order chi connectivity index (χ1) is 11.6. The first-order valence-corrected chi connectivity index (χ1v) is 9.99. The Morgan fingerprint density at radius 3 is 2.36 bits per heavy atom. The third kappa shape index (κ3) is 6.13. The molecule has 1 aliphatic rings. The topological polar surface area (TPSA) is 101 Å². The first kappa shape index (κ1) is 19.4. The average Bonchev–Trinajstić information content (AvgIpc) is 2.47. The molecule has 1 heterocycles. The molecular weight excluding hydrogens is 342 g/mol. The maximum Gasteiger partial charge on any atom is 0.242 e. The zero-order valence-electron chi connectivity index (χ0n) is 14.7. The number of hydrogen-bond acceptors (Lipinski definition) is 4. The summed E-state index contributed by atoms with van der Waals surface area (Å²) < 4.78 is 21.8. The lowest BCUT2D eigenvalue weighted by molar-refractivity contribution is -0.145. The number of primary sulfonamides is 1. The molecule has 0 radical (unpaired) electrons. The van der Waals surface area contributed by atoms with Crippen molar-refractivity contribution in [2.24, 2.45) is 5.14 Å². The quantitative estimate of drug-likeness (QED) is 0.793. The van der Waals surface area contributed by atoms with Crippen LogP contribution in [0.5, 0.6) is 0 Å². The van der Waals surface area contributed by atoms with Crippen molar-refractivity contribution in [2.45, 2.75) is 33.2 Å². The fourth-order valence-corrected chi connectivity index (χ4v) is 3.60. The van der Waals surface area contributed by atoms with E-state index in [1.807, 2.05) is 13.8 Å². The van der Waals surface area contributed by atoms with Gasteiger partial charge in [0, 0.05) is 26.1 Å². The van der Waals surface area contributed by atoms with E-state index in [9.17, 15) is 18.0 Å². The van der Waals surface area contributed by atoms with Crippen molar-refractivity contribution >= 4 is 21.8 Å². The molecule has 2 rings (SSSR count). The molecule has 1 fully saturated rings. The molecule has 7 nitrogen and oxygen atoms in total. The predicted octanol–water partition coefficient (Wildman–Crippen LogP) is 0.543. The monoisotopic (exact) mass is 367 g/mol. The van der Waals surface area contributed by atoms with Gasteiger partial charge in [0.25, 0.3) is 0 Å². The maximum absolute atomic E-state index is 12.3. The van der Waals surface area contributed by atoms with Crippen molar-refractivity contribution in [3.05, 3.63) is 34.9 Å². The highest BCUT2D eigenvalue weighted by atomic mass is 32.2. The van der Waals surface area contributed by atoms with Crippen LogP contribution in [0.1, 0.15) is 29.5 Å². The number of nitrogens with two attached hydrogens (primary N) is 1. The van der Waals surface area contributed by atoms with Gasteiger partial charge in [0.2, 0.25) is 21.8 Å². The molecule has 0 aromatic heterocycles. The molecule has 138 valence electrons. The van der Waals surface area contributed by atoms with Crippen LogP contribution in [0.2, 0.25) is 0 Å². The number of carbonyl (C=O) groups is 2. The van der Waals surface area contributed by atoms with Crippen LogP contribution < -0.4 is 5.14 Å². The Hall–Kier alpha value is -1.93. The minimum absolute atomic E-state index is 0.0407. The highest BCUT2D eigenvalue weighted by Gasteiger charge is 2.27. The van der Waals surface area contributed by atoms with Crippen LogP contribution in [0.3, 0.4) is 0 Å². The number of amides is 2. The third-order valence-corrected chi connectivity index (χ3v) is 5.00. The summed E-state index contributed by atoms with van der Waals surface area (Å²) in [6.07, 6.45) is 0.259. The number of rotatable bonds is 6. The number of nitrogens with zero attached hydrogens (tertiary/aromatic N) is 2. The molecular formula is C17H25N3O4S. The molecule has 2 N–H and O–H groups in total. The number of hydrogen-bond donors (Lipinski definition) is 1. The van der Waals surface area contributed by atoms with Gasteiger partial charge in [0.1, 0.15) is 0 Å². The minimum Gasteiger partial charge on any atom is -0.335 e. The molecule has 0 bridgehead atoms. The van der Waals surface area contributed by atoms with Gasteiger partial charge in [-0.25, -0.2) is 13.6 Å². The Morgan fingerprint density at radius 1 is 1.16 bits per heavy atom. The fraction of sp³-hybridized carbons (Fsp3) is 0.529. The van der Waals surface area contributed by atoms with E-state index >= 15 is 0 Å². The summed E-state index contributed by atoms with van der Waals surface area (Å²) in [6, 6.07) is 6.21. The molecule has 1 aromatic rings. The van der Waals surface area contributed by atoms with Crippen molar-refractivity contribution < 1.29 is 18.0 Å². The fourth-order valence-electron chi connectivity index (χ4n) is 3.05. The first-order valence-electron chi connectivity index (χ1n) is 8.27. The van der Waals surface area contributed by atoms with E-state index < -0.39 is 10.0 Å². The summed E-state index contributed by atoms with van der Waals surface area (Å²) in [5.41, 5.74) is 3.40. The Morgan fingerprint density at radius 2 is 1.80 bits per heavy atom. The molecule has 0 spiro atoms. The number of piperazine rings is 1. The SMILES string of the molecule is Cc1cc(C)cc(CN2CCN(C(=O)CCCS(N)(=O)=O)CC2=O)c1. The number of benzene rings is 1. The van der Waals surface area contributed by atoms with Gasteiger partial charge in [-0.1, -0.05) is 29.3 Å². The summed E-state index contributed by atoms with van der Waals surface area (Å²) in [4.78, 5) is 27.7. The van der Waals surface area contributed by atoms with E-state index in [-0.39, 0.29) is 37.0 Å². The van der Waals surface area contributed by atoms with Gasteiger partial charge in [-0.15, -0.1) is 0 Å². The minimum atomic E-state index is -3.56. The van der Waals surface area contributed by atoms with E-state index in [0.29, 0.717) is 19.6 Å². The Kier molecular flexibility index (Phi) is 6.18. The average molecular weight is 367 g/mol. The lowest BCUT2D eigenvalue weighted by Gasteiger charge is -2.34. The summed E-state index contributed by atoms with van der Waals surface area (Å²) in [7, 11) is -3.56. The Bertz CT molecular complexity index is 741. The maximum atomic E-state index is 12.3. The zero-order valence-corrected chi connectivity index (χ0v) is 15.5. The molecule has 0 aliphatic carbocycles. The second kappa shape index (κ2) is 7.97. The molecule has 0 unspecified atom stereocenters. The van der Waals surface area contributed by atoms with E-state index in [0.717, 1.165) is 16.7 Å². The molecule has 1 saturated heterocycles. The van der Waals surface area contributed by atoms with Gasteiger partial charge in [-0.05, 0) is 25.8 Å². The Balaban J connectivity index is 1.87.